The molecule has 4 aliphatic heterocycles. The number of unbranched alkanes of at least 4 members (excludes halogenated alkanes) is 3. The van der Waals surface area contributed by atoms with Gasteiger partial charge in [0.2, 0.25) is 0 Å². The minimum absolute atomic E-state index is 0.000556. The summed E-state index contributed by atoms with van der Waals surface area (Å²) in [4.78, 5) is 47.8. The van der Waals surface area contributed by atoms with Crippen LogP contribution < -0.4 is 10.6 Å². The summed E-state index contributed by atoms with van der Waals surface area (Å²) in [5.74, 6) is 2.45. The summed E-state index contributed by atoms with van der Waals surface area (Å²) in [6.07, 6.45) is 27.7. The molecule has 8 atom stereocenters. The van der Waals surface area contributed by atoms with E-state index in [1.807, 2.05) is 72.8 Å². The number of aromatic nitrogens is 2. The Morgan fingerprint density at radius 1 is 0.558 bits per heavy atom. The number of hydrogen-bond acceptors (Lipinski definition) is 17. The molecule has 8 rings (SSSR count). The van der Waals surface area contributed by atoms with E-state index in [4.69, 9.17) is 38.4 Å². The number of nitrogens with one attached hydrogen (secondary N) is 2. The van der Waals surface area contributed by atoms with Crippen LogP contribution in [0, 0.1) is 23.7 Å². The van der Waals surface area contributed by atoms with Crippen LogP contribution in [0.15, 0.2) is 119 Å². The molecule has 0 amide bonds. The molecule has 17 nitrogen and oxygen atoms in total. The maximum absolute atomic E-state index is 12.4. The maximum Gasteiger partial charge on any atom is 0.320 e. The number of aliphatic hydroxyl groups is 3. The number of hydrogen-bond donors (Lipinski definition) is 5. The van der Waals surface area contributed by atoms with Gasteiger partial charge in [0, 0.05) is 61.2 Å². The molecule has 2 aromatic heterocycles. The summed E-state index contributed by atoms with van der Waals surface area (Å²) in [5, 5.41) is 33.5. The third-order valence-corrected chi connectivity index (χ3v) is 47.4. The van der Waals surface area contributed by atoms with Crippen LogP contribution >= 0.6 is 15.9 Å². The normalized spacial score (nSPS) is 20.1. The van der Waals surface area contributed by atoms with Gasteiger partial charge in [-0.1, -0.05) is 184 Å². The van der Waals surface area contributed by atoms with Gasteiger partial charge in [-0.15, -0.1) is 0 Å². The van der Waals surface area contributed by atoms with Crippen molar-refractivity contribution in [1.29, 1.82) is 0 Å². The van der Waals surface area contributed by atoms with E-state index in [0.717, 1.165) is 110 Å². The van der Waals surface area contributed by atoms with E-state index in [2.05, 4.69) is 180 Å². The Morgan fingerprint density at radius 3 is 1.35 bits per heavy atom. The van der Waals surface area contributed by atoms with Gasteiger partial charge in [-0.25, -0.2) is 0 Å². The third-order valence-electron chi connectivity index (χ3n) is 23.8. The molecule has 4 aliphatic rings. The molecular weight excluding hydrogens is 1620 g/mol. The van der Waals surface area contributed by atoms with Crippen LogP contribution in [0.3, 0.4) is 0 Å². The van der Waals surface area contributed by atoms with Crippen molar-refractivity contribution in [3.63, 3.8) is 0 Å². The number of benzene rings is 2. The van der Waals surface area contributed by atoms with Crippen molar-refractivity contribution in [3.8, 4) is 0 Å². The molecule has 642 valence electrons. The Balaban J connectivity index is 0.000000465. The molecule has 4 fully saturated rings. The Kier molecular flexibility index (Phi) is 54.7. The minimum atomic E-state index is -1.85. The Labute approximate surface area is 702 Å². The van der Waals surface area contributed by atoms with Crippen LogP contribution in [-0.2, 0) is 63.9 Å². The SMILES string of the molecule is C=Cc1ccnc(CO)c1.C=[CH][Sn]([CH2]CCC)([CH2]CCC)[CH2]CCC.CCC1CCN(CC(=O)OCc2ccccc2)C(COC(C)=O)C1.CCC1CCN(CC(=O)OCc2ccccc2)C(CO[Si](C)(C)C(C)(C)C)C1.CCC1CCNC(CO)C1.CCC1CCNC(CO[Si](C)(C)C(C)(C)C)C1.OCc1cc(Br)ccn1. The molecule has 0 aliphatic carbocycles. The predicted octanol–water partition coefficient (Wildman–Crippen LogP) is 20.7. The van der Waals surface area contributed by atoms with Crippen LogP contribution in [0.25, 0.3) is 6.08 Å². The van der Waals surface area contributed by atoms with Crippen LogP contribution in [0.5, 0.6) is 0 Å². The summed E-state index contributed by atoms with van der Waals surface area (Å²) < 4.78 is 37.0. The predicted molar refractivity (Wildman–Crippen MR) is 482 cm³/mol. The van der Waals surface area contributed by atoms with E-state index in [1.165, 1.54) is 90.5 Å². The summed E-state index contributed by atoms with van der Waals surface area (Å²) >= 11 is 1.40. The second-order valence-corrected chi connectivity index (χ2v) is 58.4. The Hall–Kier alpha value is -4.02. The molecule has 0 radical (unpaired) electrons. The largest absolute Gasteiger partial charge is 0.464 e. The van der Waals surface area contributed by atoms with Crippen LogP contribution in [0.2, 0.25) is 49.6 Å². The molecule has 113 heavy (non-hydrogen) atoms. The molecule has 21 heteroatoms. The van der Waals surface area contributed by atoms with Crippen molar-refractivity contribution < 1.29 is 52.8 Å². The monoisotopic (exact) mass is 1780 g/mol. The molecule has 8 unspecified atom stereocenters. The van der Waals surface area contributed by atoms with E-state index in [0.29, 0.717) is 73.4 Å². The summed E-state index contributed by atoms with van der Waals surface area (Å²) in [7, 11) is -3.35. The first-order valence-corrected chi connectivity index (χ1v) is 57.5. The van der Waals surface area contributed by atoms with E-state index in [1.54, 1.807) is 43.9 Å². The van der Waals surface area contributed by atoms with Crippen molar-refractivity contribution in [2.24, 2.45) is 23.7 Å². The first-order chi connectivity index (χ1) is 53.8. The second kappa shape index (κ2) is 58.8. The average molecular weight is 1780 g/mol. The number of rotatable bonds is 34. The van der Waals surface area contributed by atoms with Gasteiger partial charge in [-0.05, 0) is 178 Å². The minimum Gasteiger partial charge on any atom is -0.464 e. The van der Waals surface area contributed by atoms with E-state index in [9.17, 15) is 14.4 Å². The first kappa shape index (κ1) is 105. The van der Waals surface area contributed by atoms with Crippen molar-refractivity contribution in [2.75, 3.05) is 65.7 Å². The topological polar surface area (TPSA) is 214 Å². The van der Waals surface area contributed by atoms with Gasteiger partial charge in [-0.3, -0.25) is 34.2 Å². The quantitative estimate of drug-likeness (QED) is 0.0167. The smallest absolute Gasteiger partial charge is 0.320 e. The zero-order chi connectivity index (χ0) is 84.3. The Bertz CT molecular complexity index is 3130. The fourth-order valence-corrected chi connectivity index (χ4v) is 29.2. The number of carbonyl (C=O) groups is 3. The zero-order valence-electron chi connectivity index (χ0n) is 73.9. The zero-order valence-corrected chi connectivity index (χ0v) is 80.4. The molecular formula is C92H159BrN6O11Si2Sn. The molecule has 0 bridgehead atoms. The number of esters is 3. The number of likely N-dealkylation sites (tertiary alicyclic amines) is 2. The van der Waals surface area contributed by atoms with Crippen molar-refractivity contribution in [2.45, 2.75) is 313 Å². The molecule has 6 heterocycles. The van der Waals surface area contributed by atoms with Crippen molar-refractivity contribution in [1.82, 2.24) is 30.4 Å². The fourth-order valence-electron chi connectivity index (χ4n) is 13.7. The molecule has 4 aromatic rings. The molecule has 2 aromatic carbocycles. The number of nitrogens with zero attached hydrogens (tertiary/aromatic N) is 4. The number of carbonyl (C=O) groups excluding carboxylic acids is 3. The van der Waals surface area contributed by atoms with Gasteiger partial charge >= 0.3 is 120 Å². The second-order valence-electron chi connectivity index (χ2n) is 34.6. The van der Waals surface area contributed by atoms with Gasteiger partial charge in [0.05, 0.1) is 44.3 Å². The van der Waals surface area contributed by atoms with Gasteiger partial charge in [0.25, 0.3) is 0 Å². The number of piperidine rings is 4. The van der Waals surface area contributed by atoms with E-state index >= 15 is 0 Å². The average Bonchev–Trinajstić information content (AvgIpc) is 0.831. The standard InChI is InChI=1S/C23H39NO3Si.C19H27NO4.C14H31NOSi.C8H17NO.C8H9NO.C6H6BrNO.3C4H9.C2H3.Sn/c1-7-19-13-14-24(16-22(25)26-17-20-11-9-8-10-12-20)21(15-19)18-27-28(5,6)23(2,3)4;1-3-16-9-10-20(18(11-16)14-23-15(2)21)12-19(22)24-13-17-7-5-4-6-8-17;1-7-12-8-9-15-13(10-12)11-16-17(5,6)14(2,3)4;2*1-2-7-3-4-9-8(5-7)6-10;7-5-1-2-8-6(3-5)4-9;3*1-3-4-2;1-2;/h8-12,19,21H,7,13-18H2,1-6H3;4-8,16,18H,3,9-14H2,1-2H3;12-13,15H,7-11H2,1-6H3;7-10H,2-6H2,1H3;2-5,10H,1,6H2;1-3,9H,4H2;3*1,3-4H2,2H3;1H,2H2;. The fraction of sp³-hybridized carbons (Fsp3) is 0.685. The number of ether oxygens (including phenoxy) is 3. The van der Waals surface area contributed by atoms with E-state index in [-0.39, 0.29) is 48.7 Å². The van der Waals surface area contributed by atoms with Crippen LogP contribution in [0.4, 0.5) is 0 Å². The van der Waals surface area contributed by atoms with Gasteiger partial charge < -0.3 is 49.0 Å². The van der Waals surface area contributed by atoms with Crippen molar-refractivity contribution in [3.05, 3.63) is 147 Å². The molecule has 5 N–H and O–H groups in total. The first-order valence-electron chi connectivity index (χ1n) is 43.2. The van der Waals surface area contributed by atoms with Gasteiger partial charge in [-0.2, -0.15) is 0 Å². The van der Waals surface area contributed by atoms with Gasteiger partial charge in [0.1, 0.15) is 19.8 Å². The third kappa shape index (κ3) is 44.6. The van der Waals surface area contributed by atoms with Crippen LogP contribution in [0.1, 0.15) is 241 Å². The summed E-state index contributed by atoms with van der Waals surface area (Å²) in [5.41, 5.74) is 4.35. The number of aliphatic hydroxyl groups excluding tert-OH is 3. The van der Waals surface area contributed by atoms with E-state index < -0.39 is 35.0 Å². The van der Waals surface area contributed by atoms with Crippen LogP contribution in [-0.4, -0.2) is 178 Å². The number of halogens is 1. The summed E-state index contributed by atoms with van der Waals surface area (Å²) in [6.45, 7) is 55.7. The van der Waals surface area contributed by atoms with Crippen molar-refractivity contribution >= 4 is 74.9 Å². The van der Waals surface area contributed by atoms with Gasteiger partial charge in [0.15, 0.2) is 16.6 Å². The number of pyridine rings is 2. The Morgan fingerprint density at radius 2 is 0.965 bits per heavy atom. The molecule has 0 spiro atoms. The summed E-state index contributed by atoms with van der Waals surface area (Å²) in [6, 6.07) is 28.1. The molecule has 4 saturated heterocycles. The maximum atomic E-state index is 12.4. The molecule has 0 saturated carbocycles.